The number of aromatic nitrogens is 3. The van der Waals surface area contributed by atoms with Crippen LogP contribution in [0.1, 0.15) is 18.2 Å². The zero-order valence-electron chi connectivity index (χ0n) is 12.1. The van der Waals surface area contributed by atoms with Crippen LogP contribution in [0.5, 0.6) is 0 Å². The highest BCUT2D eigenvalue weighted by atomic mass is 16.2. The third kappa shape index (κ3) is 2.01. The van der Waals surface area contributed by atoms with Crippen LogP contribution in [0.15, 0.2) is 6.33 Å². The molecule has 2 aromatic rings. The lowest BCUT2D eigenvalue weighted by Crippen LogP contribution is -2.48. The lowest BCUT2D eigenvalue weighted by atomic mass is 10.2. The highest BCUT2D eigenvalue weighted by molar-refractivity contribution is 5.91. The Morgan fingerprint density at radius 1 is 1.20 bits per heavy atom. The second-order valence-electron chi connectivity index (χ2n) is 5.29. The van der Waals surface area contributed by atoms with Crippen molar-refractivity contribution < 1.29 is 4.79 Å². The summed E-state index contributed by atoms with van der Waals surface area (Å²) in [7, 11) is 0. The van der Waals surface area contributed by atoms with E-state index in [1.165, 1.54) is 5.56 Å². The van der Waals surface area contributed by atoms with Crippen molar-refractivity contribution >= 4 is 22.8 Å². The molecule has 3 heterocycles. The molecule has 1 fully saturated rings. The molecule has 2 aromatic heterocycles. The largest absolute Gasteiger partial charge is 0.352 e. The standard InChI is InChI=1S/C14H19N5O/c1-9-10(2)17-13-12(9)14(16-8-15-13)19-6-4-18(5-7-19)11(3)20/h8H,4-7H2,1-3H3,(H,15,16,17). The number of rotatable bonds is 1. The van der Waals surface area contributed by atoms with Crippen molar-refractivity contribution in [3.8, 4) is 0 Å². The topological polar surface area (TPSA) is 65.1 Å². The first-order valence-corrected chi connectivity index (χ1v) is 6.88. The van der Waals surface area contributed by atoms with E-state index < -0.39 is 0 Å². The summed E-state index contributed by atoms with van der Waals surface area (Å²) in [5, 5.41) is 1.10. The van der Waals surface area contributed by atoms with Crippen molar-refractivity contribution in [2.24, 2.45) is 0 Å². The van der Waals surface area contributed by atoms with Crippen LogP contribution in [-0.2, 0) is 4.79 Å². The summed E-state index contributed by atoms with van der Waals surface area (Å²) in [5.74, 6) is 1.12. The first-order chi connectivity index (χ1) is 9.58. The molecule has 1 amide bonds. The Morgan fingerprint density at radius 3 is 2.55 bits per heavy atom. The Hall–Kier alpha value is -2.11. The minimum atomic E-state index is 0.145. The van der Waals surface area contributed by atoms with Gasteiger partial charge in [-0.1, -0.05) is 0 Å². The van der Waals surface area contributed by atoms with Crippen molar-refractivity contribution in [2.45, 2.75) is 20.8 Å². The average molecular weight is 273 g/mol. The van der Waals surface area contributed by atoms with Gasteiger partial charge in [-0.25, -0.2) is 9.97 Å². The quantitative estimate of drug-likeness (QED) is 0.849. The van der Waals surface area contributed by atoms with E-state index in [0.717, 1.165) is 48.7 Å². The number of anilines is 1. The highest BCUT2D eigenvalue weighted by Crippen LogP contribution is 2.28. The molecule has 3 rings (SSSR count). The van der Waals surface area contributed by atoms with Gasteiger partial charge in [0.2, 0.25) is 5.91 Å². The highest BCUT2D eigenvalue weighted by Gasteiger charge is 2.22. The summed E-state index contributed by atoms with van der Waals surface area (Å²) in [6.07, 6.45) is 1.60. The molecule has 0 atom stereocenters. The van der Waals surface area contributed by atoms with E-state index in [-0.39, 0.29) is 5.91 Å². The molecule has 0 unspecified atom stereocenters. The number of piperazine rings is 1. The summed E-state index contributed by atoms with van der Waals surface area (Å²) in [5.41, 5.74) is 3.22. The van der Waals surface area contributed by atoms with Crippen molar-refractivity contribution in [1.29, 1.82) is 0 Å². The number of carbonyl (C=O) groups is 1. The van der Waals surface area contributed by atoms with Gasteiger partial charge in [0.15, 0.2) is 0 Å². The summed E-state index contributed by atoms with van der Waals surface area (Å²) in [4.78, 5) is 27.6. The molecule has 0 bridgehead atoms. The number of hydrogen-bond donors (Lipinski definition) is 1. The van der Waals surface area contributed by atoms with E-state index in [4.69, 9.17) is 0 Å². The second-order valence-corrected chi connectivity index (χ2v) is 5.29. The van der Waals surface area contributed by atoms with Crippen molar-refractivity contribution in [2.75, 3.05) is 31.1 Å². The lowest BCUT2D eigenvalue weighted by molar-refractivity contribution is -0.129. The van der Waals surface area contributed by atoms with Crippen LogP contribution in [0.4, 0.5) is 5.82 Å². The molecule has 1 saturated heterocycles. The second kappa shape index (κ2) is 4.77. The number of nitrogens with zero attached hydrogens (tertiary/aromatic N) is 4. The Balaban J connectivity index is 1.94. The molecule has 1 aliphatic rings. The minimum Gasteiger partial charge on any atom is -0.352 e. The summed E-state index contributed by atoms with van der Waals surface area (Å²) in [6, 6.07) is 0. The Bertz CT molecular complexity index is 655. The fourth-order valence-corrected chi connectivity index (χ4v) is 2.75. The van der Waals surface area contributed by atoms with Gasteiger partial charge in [0.25, 0.3) is 0 Å². The SMILES string of the molecule is CC(=O)N1CCN(c2ncnc3[nH]c(C)c(C)c23)CC1. The predicted molar refractivity (Wildman–Crippen MR) is 77.8 cm³/mol. The molecule has 106 valence electrons. The molecule has 20 heavy (non-hydrogen) atoms. The van der Waals surface area contributed by atoms with Crippen LogP contribution in [0.25, 0.3) is 11.0 Å². The zero-order chi connectivity index (χ0) is 14.3. The average Bonchev–Trinajstić information content (AvgIpc) is 2.74. The number of hydrogen-bond acceptors (Lipinski definition) is 4. The smallest absolute Gasteiger partial charge is 0.219 e. The summed E-state index contributed by atoms with van der Waals surface area (Å²) in [6.45, 7) is 8.90. The number of carbonyl (C=O) groups excluding carboxylic acids is 1. The number of nitrogens with one attached hydrogen (secondary N) is 1. The number of aromatic amines is 1. The van der Waals surface area contributed by atoms with Gasteiger partial charge in [-0.2, -0.15) is 0 Å². The normalized spacial score (nSPS) is 15.9. The maximum atomic E-state index is 11.4. The summed E-state index contributed by atoms with van der Waals surface area (Å²) < 4.78 is 0. The fourth-order valence-electron chi connectivity index (χ4n) is 2.75. The molecule has 0 radical (unpaired) electrons. The number of amides is 1. The van der Waals surface area contributed by atoms with Gasteiger partial charge in [0.05, 0.1) is 5.39 Å². The van der Waals surface area contributed by atoms with Gasteiger partial charge in [-0.05, 0) is 19.4 Å². The minimum absolute atomic E-state index is 0.145. The number of fused-ring (bicyclic) bond motifs is 1. The summed E-state index contributed by atoms with van der Waals surface area (Å²) >= 11 is 0. The molecule has 6 heteroatoms. The molecular weight excluding hydrogens is 254 g/mol. The number of H-pyrrole nitrogens is 1. The third-order valence-corrected chi connectivity index (χ3v) is 4.10. The molecule has 0 spiro atoms. The van der Waals surface area contributed by atoms with Gasteiger partial charge in [0.1, 0.15) is 17.8 Å². The fraction of sp³-hybridized carbons (Fsp3) is 0.500. The van der Waals surface area contributed by atoms with E-state index in [2.05, 4.69) is 33.7 Å². The molecule has 0 aromatic carbocycles. The van der Waals surface area contributed by atoms with Crippen molar-refractivity contribution in [3.05, 3.63) is 17.6 Å². The van der Waals surface area contributed by atoms with Gasteiger partial charge < -0.3 is 14.8 Å². The van der Waals surface area contributed by atoms with Crippen LogP contribution in [-0.4, -0.2) is 51.9 Å². The van der Waals surface area contributed by atoms with Crippen molar-refractivity contribution in [3.63, 3.8) is 0 Å². The first kappa shape index (κ1) is 12.9. The van der Waals surface area contributed by atoms with E-state index in [1.54, 1.807) is 13.3 Å². The van der Waals surface area contributed by atoms with Gasteiger partial charge in [0, 0.05) is 38.8 Å². The van der Waals surface area contributed by atoms with Crippen molar-refractivity contribution in [1.82, 2.24) is 19.9 Å². The molecular formula is C14H19N5O. The lowest BCUT2D eigenvalue weighted by Gasteiger charge is -2.35. The Kier molecular flexibility index (Phi) is 3.08. The van der Waals surface area contributed by atoms with Crippen LogP contribution < -0.4 is 4.90 Å². The maximum absolute atomic E-state index is 11.4. The van der Waals surface area contributed by atoms with Crippen LogP contribution in [0, 0.1) is 13.8 Å². The van der Waals surface area contributed by atoms with Gasteiger partial charge in [-0.3, -0.25) is 4.79 Å². The van der Waals surface area contributed by atoms with Crippen LogP contribution in [0.2, 0.25) is 0 Å². The Labute approximate surface area is 117 Å². The molecule has 0 aliphatic carbocycles. The van der Waals surface area contributed by atoms with E-state index in [9.17, 15) is 4.79 Å². The molecule has 1 N–H and O–H groups in total. The van der Waals surface area contributed by atoms with E-state index in [1.807, 2.05) is 4.90 Å². The first-order valence-electron chi connectivity index (χ1n) is 6.88. The number of aryl methyl sites for hydroxylation is 2. The van der Waals surface area contributed by atoms with Crippen LogP contribution in [0.3, 0.4) is 0 Å². The third-order valence-electron chi connectivity index (χ3n) is 4.10. The van der Waals surface area contributed by atoms with Gasteiger partial charge in [-0.15, -0.1) is 0 Å². The monoisotopic (exact) mass is 273 g/mol. The zero-order valence-corrected chi connectivity index (χ0v) is 12.1. The van der Waals surface area contributed by atoms with Gasteiger partial charge >= 0.3 is 0 Å². The molecule has 0 saturated carbocycles. The van der Waals surface area contributed by atoms with Crippen LogP contribution >= 0.6 is 0 Å². The Morgan fingerprint density at radius 2 is 1.90 bits per heavy atom. The molecule has 6 nitrogen and oxygen atoms in total. The van der Waals surface area contributed by atoms with E-state index in [0.29, 0.717) is 0 Å². The van der Waals surface area contributed by atoms with E-state index >= 15 is 0 Å². The maximum Gasteiger partial charge on any atom is 0.219 e. The molecule has 1 aliphatic heterocycles. The predicted octanol–water partition coefficient (Wildman–Crippen LogP) is 1.24.